The fourth-order valence-electron chi connectivity index (χ4n) is 5.26. The van der Waals surface area contributed by atoms with Crippen molar-refractivity contribution in [1.29, 1.82) is 0 Å². The van der Waals surface area contributed by atoms with Crippen LogP contribution < -0.4 is 15.6 Å². The molecule has 5 rings (SSSR count). The van der Waals surface area contributed by atoms with E-state index in [1.165, 1.54) is 12.1 Å². The first-order valence-electron chi connectivity index (χ1n) is 11.1. The average molecular weight is 511 g/mol. The number of carbonyl (C=O) groups excluding carboxylic acids is 1. The predicted molar refractivity (Wildman–Crippen MR) is 119 cm³/mol. The van der Waals surface area contributed by atoms with E-state index in [9.17, 15) is 41.0 Å². The average Bonchev–Trinajstić information content (AvgIpc) is 3.34. The Morgan fingerprint density at radius 1 is 1.03 bits per heavy atom. The van der Waals surface area contributed by atoms with Crippen LogP contribution in [0.4, 0.5) is 37.7 Å². The molecule has 0 radical (unpaired) electrons. The van der Waals surface area contributed by atoms with Gasteiger partial charge in [-0.25, -0.2) is 0 Å². The molecular weight excluding hydrogens is 492 g/mol. The minimum Gasteiger partial charge on any atom is -0.391 e. The van der Waals surface area contributed by atoms with Gasteiger partial charge in [-0.15, -0.1) is 0 Å². The van der Waals surface area contributed by atoms with Crippen molar-refractivity contribution in [3.8, 4) is 0 Å². The number of pyridine rings is 1. The minimum atomic E-state index is -4.89. The van der Waals surface area contributed by atoms with Gasteiger partial charge in [0.15, 0.2) is 0 Å². The molecule has 2 aliphatic rings. The highest BCUT2D eigenvalue weighted by Crippen LogP contribution is 2.44. The van der Waals surface area contributed by atoms with Gasteiger partial charge in [-0.3, -0.25) is 9.59 Å². The number of fused-ring (bicyclic) bond motifs is 3. The molecule has 2 aliphatic heterocycles. The molecule has 0 aliphatic carbocycles. The maximum atomic E-state index is 13.9. The maximum absolute atomic E-state index is 13.9. The third kappa shape index (κ3) is 3.98. The number of hydrogen-bond donors (Lipinski definition) is 3. The molecule has 0 spiro atoms. The standard InChI is InChI=1S/C24H19F6N3O3/c25-23(26,27)14-2-1-3-17-20(14)21(35)13(10-31-17)22(36)32-16-6-4-11(8-15(16)24(28,29)30)33-12-5-7-18(33)19(34)9-12/h1-4,6,8,10,12,18-19,34H,5,7,9H2,(H,31,35)(H,32,36)/t12?,18?,19-/m0/s1. The normalized spacial score (nSPS) is 21.9. The van der Waals surface area contributed by atoms with Gasteiger partial charge in [0.05, 0.1) is 34.3 Å². The smallest absolute Gasteiger partial charge is 0.391 e. The predicted octanol–water partition coefficient (Wildman–Crippen LogP) is 4.92. The Kier molecular flexibility index (Phi) is 5.54. The quantitative estimate of drug-likeness (QED) is 0.436. The highest BCUT2D eigenvalue weighted by molar-refractivity contribution is 6.06. The summed E-state index contributed by atoms with van der Waals surface area (Å²) in [6.07, 6.45) is -7.69. The molecule has 3 atom stereocenters. The molecule has 3 heterocycles. The molecule has 1 aromatic heterocycles. The first kappa shape index (κ1) is 24.2. The summed E-state index contributed by atoms with van der Waals surface area (Å²) in [4.78, 5) is 29.8. The lowest BCUT2D eigenvalue weighted by Gasteiger charge is -2.26. The molecule has 0 saturated carbocycles. The number of aliphatic hydroxyl groups excluding tert-OH is 1. The molecule has 3 N–H and O–H groups in total. The number of H-pyrrole nitrogens is 1. The number of benzene rings is 2. The summed E-state index contributed by atoms with van der Waals surface area (Å²) in [6, 6.07) is 5.88. The summed E-state index contributed by atoms with van der Waals surface area (Å²) in [7, 11) is 0. The molecule has 2 bridgehead atoms. The molecule has 1 amide bonds. The first-order valence-corrected chi connectivity index (χ1v) is 11.1. The maximum Gasteiger partial charge on any atom is 0.418 e. The van der Waals surface area contributed by atoms with Gasteiger partial charge in [0.25, 0.3) is 5.91 Å². The van der Waals surface area contributed by atoms with Crippen LogP contribution in [0.25, 0.3) is 10.9 Å². The Morgan fingerprint density at radius 2 is 1.75 bits per heavy atom. The van der Waals surface area contributed by atoms with Gasteiger partial charge in [0.1, 0.15) is 5.56 Å². The lowest BCUT2D eigenvalue weighted by molar-refractivity contribution is -0.137. The number of anilines is 2. The van der Waals surface area contributed by atoms with E-state index < -0.39 is 57.6 Å². The van der Waals surface area contributed by atoms with Crippen molar-refractivity contribution in [3.05, 3.63) is 69.5 Å². The number of amides is 1. The highest BCUT2D eigenvalue weighted by atomic mass is 19.4. The first-order chi connectivity index (χ1) is 16.9. The van der Waals surface area contributed by atoms with E-state index in [0.717, 1.165) is 30.8 Å². The topological polar surface area (TPSA) is 85.4 Å². The monoisotopic (exact) mass is 511 g/mol. The van der Waals surface area contributed by atoms with Crippen molar-refractivity contribution in [2.75, 3.05) is 10.2 Å². The number of aliphatic hydroxyl groups is 1. The van der Waals surface area contributed by atoms with E-state index in [1.807, 2.05) is 5.32 Å². The van der Waals surface area contributed by atoms with Crippen molar-refractivity contribution in [3.63, 3.8) is 0 Å². The molecular formula is C24H19F6N3O3. The van der Waals surface area contributed by atoms with Gasteiger partial charge in [0, 0.05) is 23.4 Å². The van der Waals surface area contributed by atoms with E-state index >= 15 is 0 Å². The van der Waals surface area contributed by atoms with Crippen LogP contribution in [0.1, 0.15) is 40.7 Å². The van der Waals surface area contributed by atoms with Crippen LogP contribution in [0.3, 0.4) is 0 Å². The second-order valence-electron chi connectivity index (χ2n) is 8.95. The van der Waals surface area contributed by atoms with Crippen molar-refractivity contribution in [2.24, 2.45) is 0 Å². The summed E-state index contributed by atoms with van der Waals surface area (Å²) in [5.74, 6) is -1.29. The summed E-state index contributed by atoms with van der Waals surface area (Å²) in [5, 5.41) is 11.4. The van der Waals surface area contributed by atoms with Crippen molar-refractivity contribution >= 4 is 28.2 Å². The number of alkyl halides is 6. The van der Waals surface area contributed by atoms with E-state index in [0.29, 0.717) is 18.9 Å². The highest BCUT2D eigenvalue weighted by Gasteiger charge is 2.46. The second-order valence-corrected chi connectivity index (χ2v) is 8.95. The molecule has 12 heteroatoms. The van der Waals surface area contributed by atoms with Gasteiger partial charge < -0.3 is 20.3 Å². The number of aromatic amines is 1. The van der Waals surface area contributed by atoms with E-state index in [4.69, 9.17) is 0 Å². The molecule has 36 heavy (non-hydrogen) atoms. The van der Waals surface area contributed by atoms with Crippen LogP contribution in [0, 0.1) is 0 Å². The van der Waals surface area contributed by atoms with Crippen LogP contribution >= 0.6 is 0 Å². The van der Waals surface area contributed by atoms with Crippen LogP contribution in [-0.4, -0.2) is 34.2 Å². The van der Waals surface area contributed by atoms with Gasteiger partial charge in [0.2, 0.25) is 5.43 Å². The molecule has 2 aromatic carbocycles. The number of nitrogens with one attached hydrogen (secondary N) is 2. The van der Waals surface area contributed by atoms with Crippen molar-refractivity contribution < 1.29 is 36.2 Å². The second kappa shape index (κ2) is 8.26. The Bertz CT molecular complexity index is 1410. The molecule has 3 aromatic rings. The number of halogens is 6. The largest absolute Gasteiger partial charge is 0.418 e. The molecule has 2 unspecified atom stereocenters. The van der Waals surface area contributed by atoms with Gasteiger partial charge >= 0.3 is 12.4 Å². The zero-order valence-corrected chi connectivity index (χ0v) is 18.4. The Hall–Kier alpha value is -3.54. The molecule has 2 saturated heterocycles. The molecule has 2 fully saturated rings. The molecule has 190 valence electrons. The van der Waals surface area contributed by atoms with E-state index in [1.54, 1.807) is 4.90 Å². The van der Waals surface area contributed by atoms with Crippen molar-refractivity contribution in [2.45, 2.75) is 49.8 Å². The summed E-state index contributed by atoms with van der Waals surface area (Å²) in [5.41, 5.74) is -5.05. The number of nitrogens with zero attached hydrogens (tertiary/aromatic N) is 1. The lowest BCUT2D eigenvalue weighted by Crippen LogP contribution is -2.32. The number of carbonyl (C=O) groups is 1. The Balaban J connectivity index is 1.52. The van der Waals surface area contributed by atoms with Gasteiger partial charge in [-0.05, 0) is 49.6 Å². The number of rotatable bonds is 3. The van der Waals surface area contributed by atoms with Gasteiger partial charge in [-0.2, -0.15) is 26.3 Å². The zero-order valence-electron chi connectivity index (χ0n) is 18.4. The van der Waals surface area contributed by atoms with Crippen LogP contribution in [0.5, 0.6) is 0 Å². The van der Waals surface area contributed by atoms with Crippen LogP contribution in [-0.2, 0) is 12.4 Å². The summed E-state index contributed by atoms with van der Waals surface area (Å²) < 4.78 is 82.0. The summed E-state index contributed by atoms with van der Waals surface area (Å²) >= 11 is 0. The Labute approximate surface area is 199 Å². The van der Waals surface area contributed by atoms with E-state index in [2.05, 4.69) is 4.98 Å². The Morgan fingerprint density at radius 3 is 2.36 bits per heavy atom. The van der Waals surface area contributed by atoms with Crippen molar-refractivity contribution in [1.82, 2.24) is 4.98 Å². The fourth-order valence-corrected chi connectivity index (χ4v) is 5.26. The third-order valence-electron chi connectivity index (χ3n) is 6.82. The zero-order chi connectivity index (χ0) is 26.0. The van der Waals surface area contributed by atoms with Gasteiger partial charge in [-0.1, -0.05) is 6.07 Å². The fraction of sp³-hybridized carbons (Fsp3) is 0.333. The molecule has 6 nitrogen and oxygen atoms in total. The number of hydrogen-bond acceptors (Lipinski definition) is 4. The minimum absolute atomic E-state index is 0.0921. The number of aromatic nitrogens is 1. The lowest BCUT2D eigenvalue weighted by atomic mass is 9.98. The SMILES string of the molecule is O=C(Nc1ccc(N2C3CCC2[C@@H](O)C3)cc1C(F)(F)F)c1c[nH]c2cccc(C(F)(F)F)c2c1=O. The third-order valence-corrected chi connectivity index (χ3v) is 6.82. The van der Waals surface area contributed by atoms with E-state index in [-0.39, 0.29) is 23.3 Å². The van der Waals surface area contributed by atoms with Crippen LogP contribution in [0.15, 0.2) is 47.4 Å². The van der Waals surface area contributed by atoms with Crippen LogP contribution in [0.2, 0.25) is 0 Å². The summed E-state index contributed by atoms with van der Waals surface area (Å²) in [6.45, 7) is 0.